The summed E-state index contributed by atoms with van der Waals surface area (Å²) in [5.41, 5.74) is 5.29. The Morgan fingerprint density at radius 1 is 1.29 bits per heavy atom. The lowest BCUT2D eigenvalue weighted by Gasteiger charge is -2.03. The van der Waals surface area contributed by atoms with Crippen molar-refractivity contribution in [2.75, 3.05) is 0 Å². The average molecular weight is 227 g/mol. The molecule has 0 amide bonds. The van der Waals surface area contributed by atoms with Gasteiger partial charge in [0, 0.05) is 18.3 Å². The molecule has 0 aliphatic heterocycles. The fourth-order valence-electron chi connectivity index (χ4n) is 2.20. The zero-order valence-electron chi connectivity index (χ0n) is 10.5. The molecule has 0 unspecified atom stereocenters. The third kappa shape index (κ3) is 2.03. The number of hydrogen-bond donors (Lipinski definition) is 0. The van der Waals surface area contributed by atoms with Crippen molar-refractivity contribution in [1.82, 2.24) is 4.57 Å². The van der Waals surface area contributed by atoms with E-state index < -0.39 is 0 Å². The van der Waals surface area contributed by atoms with Gasteiger partial charge in [-0.25, -0.2) is 0 Å². The highest BCUT2D eigenvalue weighted by atomic mass is 16.1. The molecule has 0 spiro atoms. The van der Waals surface area contributed by atoms with Gasteiger partial charge in [-0.05, 0) is 25.0 Å². The quantitative estimate of drug-likeness (QED) is 0.737. The minimum absolute atomic E-state index is 0.757. The molecule has 1 heterocycles. The van der Waals surface area contributed by atoms with Crippen LogP contribution < -0.4 is 0 Å². The van der Waals surface area contributed by atoms with E-state index in [9.17, 15) is 4.79 Å². The summed E-state index contributed by atoms with van der Waals surface area (Å²) in [5.74, 6) is 0. The molecule has 2 nitrogen and oxygen atoms in total. The maximum atomic E-state index is 11.2. The molecule has 0 saturated heterocycles. The highest BCUT2D eigenvalue weighted by molar-refractivity contribution is 5.86. The van der Waals surface area contributed by atoms with Crippen molar-refractivity contribution in [2.45, 2.75) is 20.3 Å². The predicted octanol–water partition coefficient (Wildman–Crippen LogP) is 3.38. The summed E-state index contributed by atoms with van der Waals surface area (Å²) < 4.78 is 1.98. The predicted molar refractivity (Wildman–Crippen MR) is 70.4 cm³/mol. The SMILES string of the molecule is CCc1cc(-c2cccc(C)c2)c(C=O)n1C. The Balaban J connectivity index is 2.62. The molecule has 0 saturated carbocycles. The summed E-state index contributed by atoms with van der Waals surface area (Å²) in [6, 6.07) is 10.4. The van der Waals surface area contributed by atoms with E-state index in [1.165, 1.54) is 11.3 Å². The minimum Gasteiger partial charge on any atom is -0.345 e. The highest BCUT2D eigenvalue weighted by Crippen LogP contribution is 2.26. The van der Waals surface area contributed by atoms with Crippen molar-refractivity contribution < 1.29 is 4.79 Å². The second kappa shape index (κ2) is 4.58. The van der Waals surface area contributed by atoms with Crippen LogP contribution in [0.3, 0.4) is 0 Å². The van der Waals surface area contributed by atoms with E-state index >= 15 is 0 Å². The smallest absolute Gasteiger partial charge is 0.167 e. The normalized spacial score (nSPS) is 10.5. The average Bonchev–Trinajstić information content (AvgIpc) is 2.65. The maximum Gasteiger partial charge on any atom is 0.167 e. The van der Waals surface area contributed by atoms with Gasteiger partial charge in [-0.2, -0.15) is 0 Å². The van der Waals surface area contributed by atoms with Gasteiger partial charge < -0.3 is 4.57 Å². The number of nitrogens with zero attached hydrogens (tertiary/aromatic N) is 1. The Bertz CT molecular complexity index is 552. The van der Waals surface area contributed by atoms with Crippen molar-refractivity contribution in [3.63, 3.8) is 0 Å². The summed E-state index contributed by atoms with van der Waals surface area (Å²) in [7, 11) is 1.95. The Morgan fingerprint density at radius 2 is 2.06 bits per heavy atom. The molecule has 0 N–H and O–H groups in total. The first-order chi connectivity index (χ1) is 8.17. The standard InChI is InChI=1S/C15H17NO/c1-4-13-9-14(15(10-17)16(13)3)12-7-5-6-11(2)8-12/h5-10H,4H2,1-3H3. The molecule has 0 fully saturated rings. The number of aryl methyl sites for hydroxylation is 2. The van der Waals surface area contributed by atoms with Crippen molar-refractivity contribution >= 4 is 6.29 Å². The lowest BCUT2D eigenvalue weighted by molar-refractivity contribution is 0.111. The van der Waals surface area contributed by atoms with Gasteiger partial charge in [0.25, 0.3) is 0 Å². The van der Waals surface area contributed by atoms with E-state index in [1.807, 2.05) is 17.7 Å². The molecule has 88 valence electrons. The van der Waals surface area contributed by atoms with Crippen LogP contribution in [0.5, 0.6) is 0 Å². The molecule has 0 atom stereocenters. The van der Waals surface area contributed by atoms with Crippen LogP contribution in [0.15, 0.2) is 30.3 Å². The zero-order chi connectivity index (χ0) is 12.4. The number of rotatable bonds is 3. The number of benzene rings is 1. The van der Waals surface area contributed by atoms with Gasteiger partial charge in [0.15, 0.2) is 6.29 Å². The zero-order valence-corrected chi connectivity index (χ0v) is 10.5. The van der Waals surface area contributed by atoms with Crippen LogP contribution in [-0.2, 0) is 13.5 Å². The molecule has 1 aromatic heterocycles. The first kappa shape index (κ1) is 11.6. The number of carbonyl (C=O) groups is 1. The van der Waals surface area contributed by atoms with Gasteiger partial charge in [-0.15, -0.1) is 0 Å². The Labute approximate surface area is 102 Å². The second-order valence-electron chi connectivity index (χ2n) is 4.33. The molecular formula is C15H17NO. The van der Waals surface area contributed by atoms with E-state index in [0.29, 0.717) is 0 Å². The van der Waals surface area contributed by atoms with Gasteiger partial charge in [0.2, 0.25) is 0 Å². The number of hydrogen-bond acceptors (Lipinski definition) is 1. The van der Waals surface area contributed by atoms with Gasteiger partial charge in [-0.3, -0.25) is 4.79 Å². The molecule has 2 heteroatoms. The van der Waals surface area contributed by atoms with Crippen LogP contribution in [0.4, 0.5) is 0 Å². The van der Waals surface area contributed by atoms with Gasteiger partial charge in [0.1, 0.15) is 0 Å². The first-order valence-electron chi connectivity index (χ1n) is 5.88. The van der Waals surface area contributed by atoms with Gasteiger partial charge >= 0.3 is 0 Å². The van der Waals surface area contributed by atoms with E-state index in [4.69, 9.17) is 0 Å². The third-order valence-corrected chi connectivity index (χ3v) is 3.18. The lowest BCUT2D eigenvalue weighted by Crippen LogP contribution is -1.99. The largest absolute Gasteiger partial charge is 0.345 e. The van der Waals surface area contributed by atoms with E-state index in [2.05, 4.69) is 38.1 Å². The van der Waals surface area contributed by atoms with E-state index in [1.54, 1.807) is 0 Å². The lowest BCUT2D eigenvalue weighted by atomic mass is 10.0. The highest BCUT2D eigenvalue weighted by Gasteiger charge is 2.12. The van der Waals surface area contributed by atoms with Crippen LogP contribution in [0, 0.1) is 6.92 Å². The molecule has 0 bridgehead atoms. The molecule has 0 radical (unpaired) electrons. The fourth-order valence-corrected chi connectivity index (χ4v) is 2.20. The first-order valence-corrected chi connectivity index (χ1v) is 5.88. The van der Waals surface area contributed by atoms with Crippen LogP contribution in [-0.4, -0.2) is 10.9 Å². The second-order valence-corrected chi connectivity index (χ2v) is 4.33. The van der Waals surface area contributed by atoms with E-state index in [-0.39, 0.29) is 0 Å². The molecule has 0 aliphatic carbocycles. The molecule has 2 aromatic rings. The maximum absolute atomic E-state index is 11.2. The molecular weight excluding hydrogens is 210 g/mol. The summed E-state index contributed by atoms with van der Waals surface area (Å²) in [4.78, 5) is 11.2. The van der Waals surface area contributed by atoms with Crippen LogP contribution >= 0.6 is 0 Å². The van der Waals surface area contributed by atoms with Crippen LogP contribution in [0.1, 0.15) is 28.7 Å². The van der Waals surface area contributed by atoms with Crippen LogP contribution in [0.25, 0.3) is 11.1 Å². The van der Waals surface area contributed by atoms with Crippen LogP contribution in [0.2, 0.25) is 0 Å². The van der Waals surface area contributed by atoms with Gasteiger partial charge in [-0.1, -0.05) is 36.8 Å². The monoisotopic (exact) mass is 227 g/mol. The molecule has 1 aromatic carbocycles. The number of carbonyl (C=O) groups excluding carboxylic acids is 1. The van der Waals surface area contributed by atoms with Crippen molar-refractivity contribution in [1.29, 1.82) is 0 Å². The fraction of sp³-hybridized carbons (Fsp3) is 0.267. The topological polar surface area (TPSA) is 22.0 Å². The summed E-state index contributed by atoms with van der Waals surface area (Å²) >= 11 is 0. The van der Waals surface area contributed by atoms with Crippen molar-refractivity contribution in [3.8, 4) is 11.1 Å². The molecule has 17 heavy (non-hydrogen) atoms. The Hall–Kier alpha value is -1.83. The number of aldehydes is 1. The van der Waals surface area contributed by atoms with Crippen molar-refractivity contribution in [2.24, 2.45) is 7.05 Å². The summed E-state index contributed by atoms with van der Waals surface area (Å²) in [5, 5.41) is 0. The third-order valence-electron chi connectivity index (χ3n) is 3.18. The number of aromatic nitrogens is 1. The van der Waals surface area contributed by atoms with E-state index in [0.717, 1.165) is 29.5 Å². The Morgan fingerprint density at radius 3 is 2.65 bits per heavy atom. The molecule has 2 rings (SSSR count). The van der Waals surface area contributed by atoms with Crippen molar-refractivity contribution in [3.05, 3.63) is 47.3 Å². The Kier molecular flexibility index (Phi) is 3.14. The summed E-state index contributed by atoms with van der Waals surface area (Å²) in [6.07, 6.45) is 1.87. The minimum atomic E-state index is 0.757. The molecule has 0 aliphatic rings. The van der Waals surface area contributed by atoms with Gasteiger partial charge in [0.05, 0.1) is 5.69 Å². The summed E-state index contributed by atoms with van der Waals surface area (Å²) in [6.45, 7) is 4.16.